The van der Waals surface area contributed by atoms with Crippen molar-refractivity contribution >= 4 is 46.4 Å². The summed E-state index contributed by atoms with van der Waals surface area (Å²) in [6, 6.07) is 23.3. The number of hydrogen-bond donors (Lipinski definition) is 0. The minimum absolute atomic E-state index is 0.259. The van der Waals surface area contributed by atoms with E-state index in [1.165, 1.54) is 36.4 Å². The zero-order valence-electron chi connectivity index (χ0n) is 24.8. The monoisotopic (exact) mass is 644 g/mol. The highest BCUT2D eigenvalue weighted by Gasteiger charge is 2.73. The number of nitrogens with zero attached hydrogens (tertiary/aromatic N) is 6. The number of carbonyl (C=O) groups is 4. The first-order valence-corrected chi connectivity index (χ1v) is 15.1. The molecule has 0 spiro atoms. The lowest BCUT2D eigenvalue weighted by atomic mass is 9.84. The van der Waals surface area contributed by atoms with Crippen molar-refractivity contribution in [1.82, 2.24) is 10.0 Å². The van der Waals surface area contributed by atoms with Gasteiger partial charge in [-0.15, -0.1) is 0 Å². The van der Waals surface area contributed by atoms with Crippen molar-refractivity contribution in [2.75, 3.05) is 9.80 Å². The summed E-state index contributed by atoms with van der Waals surface area (Å²) in [6.45, 7) is 0. The van der Waals surface area contributed by atoms with Gasteiger partial charge in [0, 0.05) is 24.3 Å². The van der Waals surface area contributed by atoms with Crippen LogP contribution in [0.2, 0.25) is 0 Å². The fraction of sp³-hybridized carbons (Fsp3) is 0.176. The number of amides is 4. The first kappa shape index (κ1) is 29.3. The van der Waals surface area contributed by atoms with Crippen molar-refractivity contribution in [2.45, 2.75) is 24.2 Å². The summed E-state index contributed by atoms with van der Waals surface area (Å²) in [7, 11) is 0. The number of nitro benzene ring substituents is 2. The largest absolute Gasteiger partial charge is 0.274 e. The second-order valence-corrected chi connectivity index (χ2v) is 12.0. The molecule has 4 aliphatic rings. The highest BCUT2D eigenvalue weighted by Crippen LogP contribution is 2.60. The highest BCUT2D eigenvalue weighted by atomic mass is 16.6. The zero-order valence-corrected chi connectivity index (χ0v) is 24.8. The van der Waals surface area contributed by atoms with E-state index in [4.69, 9.17) is 0 Å². The van der Waals surface area contributed by atoms with Gasteiger partial charge in [-0.2, -0.15) is 0 Å². The van der Waals surface area contributed by atoms with E-state index in [2.05, 4.69) is 0 Å². The molecule has 0 aromatic heterocycles. The van der Waals surface area contributed by atoms with Gasteiger partial charge in [0.2, 0.25) is 11.8 Å². The van der Waals surface area contributed by atoms with Gasteiger partial charge in [-0.05, 0) is 35.4 Å². The molecule has 4 aromatic carbocycles. The molecule has 8 rings (SSSR count). The average Bonchev–Trinajstić information content (AvgIpc) is 3.77. The fourth-order valence-corrected chi connectivity index (χ4v) is 7.81. The van der Waals surface area contributed by atoms with Crippen LogP contribution in [0.15, 0.2) is 109 Å². The van der Waals surface area contributed by atoms with Gasteiger partial charge in [0.15, 0.2) is 0 Å². The fourth-order valence-electron chi connectivity index (χ4n) is 7.81. The van der Waals surface area contributed by atoms with Crippen molar-refractivity contribution in [2.24, 2.45) is 11.8 Å². The van der Waals surface area contributed by atoms with Crippen LogP contribution < -0.4 is 9.80 Å². The Morgan fingerprint density at radius 1 is 0.458 bits per heavy atom. The van der Waals surface area contributed by atoms with E-state index in [0.717, 1.165) is 9.80 Å². The van der Waals surface area contributed by atoms with Crippen LogP contribution in [0, 0.1) is 32.1 Å². The molecule has 0 saturated carbocycles. The Balaban J connectivity index is 1.36. The molecule has 14 nitrogen and oxygen atoms in total. The standard InChI is InChI=1S/C34H24N6O8/c41-31-25-27(19-9-7-15-23(17-19)39(45)46)38-30-26(32(42)36(34(30)44)22-13-5-2-6-14-22)28(20-10-8-16-24(18-20)40(47)48)37(38)29(25)33(43)35(31)21-11-3-1-4-12-21/h1-18,25-30H. The number of imide groups is 2. The van der Waals surface area contributed by atoms with Gasteiger partial charge in [-0.3, -0.25) is 39.4 Å². The molecule has 238 valence electrons. The number of para-hydroxylation sites is 2. The van der Waals surface area contributed by atoms with E-state index >= 15 is 0 Å². The van der Waals surface area contributed by atoms with Crippen molar-refractivity contribution in [3.63, 3.8) is 0 Å². The Morgan fingerprint density at radius 3 is 1.19 bits per heavy atom. The maximum atomic E-state index is 14.5. The molecule has 0 bridgehead atoms. The molecule has 4 fully saturated rings. The van der Waals surface area contributed by atoms with E-state index in [9.17, 15) is 39.4 Å². The highest BCUT2D eigenvalue weighted by molar-refractivity contribution is 6.26. The van der Waals surface area contributed by atoms with E-state index in [1.54, 1.807) is 82.8 Å². The molecule has 6 atom stereocenters. The summed E-state index contributed by atoms with van der Waals surface area (Å²) >= 11 is 0. The minimum atomic E-state index is -1.23. The summed E-state index contributed by atoms with van der Waals surface area (Å²) < 4.78 is 0. The molecule has 4 aromatic rings. The van der Waals surface area contributed by atoms with Crippen molar-refractivity contribution in [3.05, 3.63) is 141 Å². The molecule has 0 radical (unpaired) electrons. The number of rotatable bonds is 6. The van der Waals surface area contributed by atoms with E-state index in [-0.39, 0.29) is 11.4 Å². The second-order valence-electron chi connectivity index (χ2n) is 12.0. The number of fused-ring (bicyclic) bond motifs is 5. The lowest BCUT2D eigenvalue weighted by Crippen LogP contribution is -2.50. The van der Waals surface area contributed by atoms with Crippen LogP contribution in [0.4, 0.5) is 22.7 Å². The maximum absolute atomic E-state index is 14.5. The number of carbonyl (C=O) groups excluding carboxylic acids is 4. The number of nitro groups is 2. The summed E-state index contributed by atoms with van der Waals surface area (Å²) in [4.78, 5) is 82.4. The molecule has 0 aliphatic carbocycles. The third kappa shape index (κ3) is 4.06. The third-order valence-corrected chi connectivity index (χ3v) is 9.60. The van der Waals surface area contributed by atoms with Crippen LogP contribution in [-0.4, -0.2) is 55.6 Å². The van der Waals surface area contributed by atoms with Gasteiger partial charge in [0.1, 0.15) is 12.1 Å². The zero-order chi connectivity index (χ0) is 33.4. The Bertz CT molecular complexity index is 1910. The van der Waals surface area contributed by atoms with Crippen LogP contribution >= 0.6 is 0 Å². The Labute approximate surface area is 271 Å². The topological polar surface area (TPSA) is 168 Å². The quantitative estimate of drug-likeness (QED) is 0.170. The Morgan fingerprint density at radius 2 is 0.833 bits per heavy atom. The first-order valence-electron chi connectivity index (χ1n) is 15.1. The molecule has 6 unspecified atom stereocenters. The van der Waals surface area contributed by atoms with Crippen LogP contribution in [0.5, 0.6) is 0 Å². The number of hydrazine groups is 1. The predicted molar refractivity (Wildman–Crippen MR) is 168 cm³/mol. The summed E-state index contributed by atoms with van der Waals surface area (Å²) in [6.07, 6.45) is 0. The molecule has 48 heavy (non-hydrogen) atoms. The number of benzene rings is 4. The van der Waals surface area contributed by atoms with Crippen molar-refractivity contribution < 1.29 is 29.0 Å². The van der Waals surface area contributed by atoms with E-state index < -0.39 is 69.5 Å². The van der Waals surface area contributed by atoms with Gasteiger partial charge >= 0.3 is 0 Å². The van der Waals surface area contributed by atoms with Crippen LogP contribution in [0.3, 0.4) is 0 Å². The van der Waals surface area contributed by atoms with Crippen molar-refractivity contribution in [1.29, 1.82) is 0 Å². The van der Waals surface area contributed by atoms with E-state index in [1.807, 2.05) is 0 Å². The van der Waals surface area contributed by atoms with Crippen LogP contribution in [0.25, 0.3) is 0 Å². The molecular formula is C34H24N6O8. The molecule has 14 heteroatoms. The predicted octanol–water partition coefficient (Wildman–Crippen LogP) is 3.95. The second kappa shape index (κ2) is 10.7. The third-order valence-electron chi connectivity index (χ3n) is 9.60. The molecule has 0 N–H and O–H groups in total. The smallest absolute Gasteiger partial charge is 0.269 e. The average molecular weight is 645 g/mol. The molecule has 4 heterocycles. The summed E-state index contributed by atoms with van der Waals surface area (Å²) in [5.41, 5.74) is 0.721. The van der Waals surface area contributed by atoms with Crippen LogP contribution in [0.1, 0.15) is 23.2 Å². The van der Waals surface area contributed by atoms with Gasteiger partial charge in [0.05, 0.1) is 45.1 Å². The van der Waals surface area contributed by atoms with Crippen LogP contribution in [-0.2, 0) is 19.2 Å². The maximum Gasteiger partial charge on any atom is 0.269 e. The Hall–Kier alpha value is -6.12. The molecule has 4 aliphatic heterocycles. The molecule has 4 saturated heterocycles. The van der Waals surface area contributed by atoms with Gasteiger partial charge in [0.25, 0.3) is 23.2 Å². The molecular weight excluding hydrogens is 620 g/mol. The van der Waals surface area contributed by atoms with Gasteiger partial charge in [-0.25, -0.2) is 19.8 Å². The summed E-state index contributed by atoms with van der Waals surface area (Å²) in [5.74, 6) is -4.65. The number of anilines is 2. The molecule has 4 amide bonds. The Kier molecular flexibility index (Phi) is 6.54. The summed E-state index contributed by atoms with van der Waals surface area (Å²) in [5, 5.41) is 26.9. The first-order chi connectivity index (χ1) is 23.2. The van der Waals surface area contributed by atoms with Gasteiger partial charge < -0.3 is 0 Å². The SMILES string of the molecule is O=C1C2C(C(=O)N1c1ccccc1)N1C(c3cccc([N+](=O)[O-])c3)C3C(=O)N(c4ccccc4)C(=O)C3N1C2c1cccc([N+](=O)[O-])c1. The van der Waals surface area contributed by atoms with Gasteiger partial charge in [-0.1, -0.05) is 60.7 Å². The lowest BCUT2D eigenvalue weighted by Gasteiger charge is -2.35. The normalized spacial score (nSPS) is 26.6. The minimum Gasteiger partial charge on any atom is -0.274 e. The van der Waals surface area contributed by atoms with Crippen molar-refractivity contribution in [3.8, 4) is 0 Å². The number of hydrogen-bond acceptors (Lipinski definition) is 10. The number of non-ortho nitro benzene ring substituents is 2. The van der Waals surface area contributed by atoms with E-state index in [0.29, 0.717) is 22.5 Å². The lowest BCUT2D eigenvalue weighted by molar-refractivity contribution is -0.385.